The lowest BCUT2D eigenvalue weighted by atomic mass is 9.62. The highest BCUT2D eigenvalue weighted by Crippen LogP contribution is 2.49. The van der Waals surface area contributed by atoms with Gasteiger partial charge in [-0.15, -0.1) is 0 Å². The van der Waals surface area contributed by atoms with Gasteiger partial charge in [0.05, 0.1) is 26.9 Å². The van der Waals surface area contributed by atoms with Crippen LogP contribution in [0.25, 0.3) is 0 Å². The van der Waals surface area contributed by atoms with E-state index in [9.17, 15) is 5.11 Å². The molecule has 2 aromatic rings. The molecule has 4 rings (SSSR count). The molecule has 2 bridgehead atoms. The second kappa shape index (κ2) is 8.25. The van der Waals surface area contributed by atoms with Crippen molar-refractivity contribution in [2.24, 2.45) is 11.8 Å². The third-order valence-corrected chi connectivity index (χ3v) is 6.74. The third kappa shape index (κ3) is 3.58. The number of benzene rings is 2. The predicted octanol–water partition coefficient (Wildman–Crippen LogP) is 3.83. The highest BCUT2D eigenvalue weighted by molar-refractivity contribution is 5.46. The minimum Gasteiger partial charge on any atom is -0.497 e. The van der Waals surface area contributed by atoms with Crippen molar-refractivity contribution in [3.8, 4) is 17.2 Å². The Morgan fingerprint density at radius 1 is 0.931 bits per heavy atom. The first-order valence-corrected chi connectivity index (χ1v) is 10.4. The summed E-state index contributed by atoms with van der Waals surface area (Å²) in [6.07, 6.45) is 3.28. The van der Waals surface area contributed by atoms with Gasteiger partial charge in [0.2, 0.25) is 0 Å². The summed E-state index contributed by atoms with van der Waals surface area (Å²) in [7, 11) is 5.03. The lowest BCUT2D eigenvalue weighted by molar-refractivity contribution is -0.148. The van der Waals surface area contributed by atoms with Crippen LogP contribution < -0.4 is 14.2 Å². The average molecular weight is 398 g/mol. The van der Waals surface area contributed by atoms with Crippen LogP contribution in [0.2, 0.25) is 0 Å². The highest BCUT2D eigenvalue weighted by Gasteiger charge is 2.51. The fraction of sp³-hybridized carbons (Fsp3) is 0.500. The number of ether oxygens (including phenoxy) is 3. The zero-order valence-corrected chi connectivity index (χ0v) is 17.6. The Labute approximate surface area is 173 Å². The lowest BCUT2D eigenvalue weighted by Crippen LogP contribution is -2.57. The molecule has 156 valence electrons. The first-order valence-electron chi connectivity index (χ1n) is 10.4. The summed E-state index contributed by atoms with van der Waals surface area (Å²) in [5.74, 6) is 2.83. The molecule has 0 unspecified atom stereocenters. The van der Waals surface area contributed by atoms with Crippen molar-refractivity contribution < 1.29 is 19.3 Å². The first-order chi connectivity index (χ1) is 14.1. The Morgan fingerprint density at radius 2 is 1.62 bits per heavy atom. The average Bonchev–Trinajstić information content (AvgIpc) is 2.74. The van der Waals surface area contributed by atoms with Gasteiger partial charge in [-0.3, -0.25) is 4.90 Å². The maximum atomic E-state index is 11.8. The third-order valence-electron chi connectivity index (χ3n) is 6.74. The van der Waals surface area contributed by atoms with E-state index in [4.69, 9.17) is 14.2 Å². The van der Waals surface area contributed by atoms with Crippen LogP contribution in [0.15, 0.2) is 42.5 Å². The van der Waals surface area contributed by atoms with Gasteiger partial charge in [-0.05, 0) is 36.6 Å². The Kier molecular flexibility index (Phi) is 5.70. The van der Waals surface area contributed by atoms with Crippen LogP contribution in [0.5, 0.6) is 17.2 Å². The maximum Gasteiger partial charge on any atom is 0.165 e. The summed E-state index contributed by atoms with van der Waals surface area (Å²) < 4.78 is 16.4. The molecule has 0 radical (unpaired) electrons. The lowest BCUT2D eigenvalue weighted by Gasteiger charge is -2.53. The molecule has 29 heavy (non-hydrogen) atoms. The Bertz CT molecular complexity index is 821. The number of piperidine rings is 1. The molecule has 5 heteroatoms. The standard InChI is InChI=1S/C24H31NO4/c1-27-21-12-10-18(11-13-21)24(26)19-7-5-8-20(24)16-25(15-19)14-17-6-4-9-22(28-2)23(17)29-3/h4,6,9-13,19-20,26H,5,7-8,14-16H2,1-3H3/t19-,20-/m0/s1. The van der Waals surface area contributed by atoms with Gasteiger partial charge in [-0.25, -0.2) is 0 Å². The molecule has 2 aliphatic rings. The van der Waals surface area contributed by atoms with Gasteiger partial charge in [0.15, 0.2) is 11.5 Å². The van der Waals surface area contributed by atoms with Crippen LogP contribution >= 0.6 is 0 Å². The van der Waals surface area contributed by atoms with Crippen molar-refractivity contribution in [2.75, 3.05) is 34.4 Å². The topological polar surface area (TPSA) is 51.2 Å². The molecule has 1 N–H and O–H groups in total. The molecule has 1 saturated carbocycles. The molecule has 0 spiro atoms. The number of methoxy groups -OCH3 is 3. The molecular weight excluding hydrogens is 366 g/mol. The summed E-state index contributed by atoms with van der Waals surface area (Å²) in [4.78, 5) is 2.46. The van der Waals surface area contributed by atoms with E-state index in [0.717, 1.165) is 60.9 Å². The van der Waals surface area contributed by atoms with Gasteiger partial charge in [0, 0.05) is 37.0 Å². The second-order valence-electron chi connectivity index (χ2n) is 8.23. The normalized spacial score (nSPS) is 26.8. The van der Waals surface area contributed by atoms with E-state index in [1.54, 1.807) is 21.3 Å². The van der Waals surface area contributed by atoms with Crippen molar-refractivity contribution in [3.05, 3.63) is 53.6 Å². The van der Waals surface area contributed by atoms with Gasteiger partial charge in [-0.2, -0.15) is 0 Å². The molecule has 2 fully saturated rings. The van der Waals surface area contributed by atoms with E-state index < -0.39 is 5.60 Å². The van der Waals surface area contributed by atoms with Crippen molar-refractivity contribution in [1.29, 1.82) is 0 Å². The van der Waals surface area contributed by atoms with E-state index >= 15 is 0 Å². The zero-order valence-electron chi connectivity index (χ0n) is 17.6. The number of hydrogen-bond acceptors (Lipinski definition) is 5. The van der Waals surface area contributed by atoms with E-state index in [1.807, 2.05) is 36.4 Å². The minimum absolute atomic E-state index is 0.222. The van der Waals surface area contributed by atoms with Crippen molar-refractivity contribution in [3.63, 3.8) is 0 Å². The van der Waals surface area contributed by atoms with E-state index in [2.05, 4.69) is 11.0 Å². The maximum absolute atomic E-state index is 11.8. The number of nitrogens with zero attached hydrogens (tertiary/aromatic N) is 1. The molecule has 1 aliphatic heterocycles. The van der Waals surface area contributed by atoms with Crippen LogP contribution in [0.4, 0.5) is 0 Å². The van der Waals surface area contributed by atoms with Crippen molar-refractivity contribution >= 4 is 0 Å². The molecule has 1 heterocycles. The quantitative estimate of drug-likeness (QED) is 0.803. The Morgan fingerprint density at radius 3 is 2.21 bits per heavy atom. The van der Waals surface area contributed by atoms with Crippen molar-refractivity contribution in [2.45, 2.75) is 31.4 Å². The van der Waals surface area contributed by atoms with Crippen LogP contribution in [0, 0.1) is 11.8 Å². The number of hydrogen-bond donors (Lipinski definition) is 1. The molecule has 1 aliphatic carbocycles. The van der Waals surface area contributed by atoms with Crippen LogP contribution in [-0.4, -0.2) is 44.4 Å². The van der Waals surface area contributed by atoms with Crippen molar-refractivity contribution in [1.82, 2.24) is 4.90 Å². The largest absolute Gasteiger partial charge is 0.497 e. The van der Waals surface area contributed by atoms with Gasteiger partial charge in [-0.1, -0.05) is 30.7 Å². The second-order valence-corrected chi connectivity index (χ2v) is 8.23. The monoisotopic (exact) mass is 397 g/mol. The van der Waals surface area contributed by atoms with Gasteiger partial charge in [0.1, 0.15) is 5.75 Å². The molecule has 5 nitrogen and oxygen atoms in total. The molecule has 2 atom stereocenters. The molecule has 0 amide bonds. The van der Waals surface area contributed by atoms with Gasteiger partial charge < -0.3 is 19.3 Å². The predicted molar refractivity (Wildman–Crippen MR) is 113 cm³/mol. The Hall–Kier alpha value is -2.24. The van der Waals surface area contributed by atoms with Crippen LogP contribution in [0.1, 0.15) is 30.4 Å². The smallest absolute Gasteiger partial charge is 0.165 e. The van der Waals surface area contributed by atoms with Gasteiger partial charge in [0.25, 0.3) is 0 Å². The van der Waals surface area contributed by atoms with E-state index in [-0.39, 0.29) is 11.8 Å². The molecule has 2 aromatic carbocycles. The van der Waals surface area contributed by atoms with Crippen LogP contribution in [-0.2, 0) is 12.1 Å². The minimum atomic E-state index is -0.764. The summed E-state index contributed by atoms with van der Waals surface area (Å²) in [5, 5.41) is 11.8. The first kappa shape index (κ1) is 20.0. The summed E-state index contributed by atoms with van der Waals surface area (Å²) in [6, 6.07) is 14.0. The Balaban J connectivity index is 1.57. The number of aliphatic hydroxyl groups is 1. The number of rotatable bonds is 6. The fourth-order valence-corrected chi connectivity index (χ4v) is 5.32. The zero-order chi connectivity index (χ0) is 20.4. The summed E-state index contributed by atoms with van der Waals surface area (Å²) >= 11 is 0. The number of para-hydroxylation sites is 1. The molecule has 0 aromatic heterocycles. The summed E-state index contributed by atoms with van der Waals surface area (Å²) in [5.41, 5.74) is 1.38. The number of likely N-dealkylation sites (tertiary alicyclic amines) is 1. The number of fused-ring (bicyclic) bond motifs is 2. The fourth-order valence-electron chi connectivity index (χ4n) is 5.32. The van der Waals surface area contributed by atoms with Gasteiger partial charge >= 0.3 is 0 Å². The SMILES string of the molecule is COc1ccc(C2(O)[C@H]3CCC[C@H]2CN(Cc2cccc(OC)c2OC)C3)cc1. The van der Waals surface area contributed by atoms with E-state index in [1.165, 1.54) is 6.42 Å². The van der Waals surface area contributed by atoms with E-state index in [0.29, 0.717) is 0 Å². The molecule has 1 saturated heterocycles. The summed E-state index contributed by atoms with van der Waals surface area (Å²) in [6.45, 7) is 2.55. The van der Waals surface area contributed by atoms with Crippen LogP contribution in [0.3, 0.4) is 0 Å². The molecular formula is C24H31NO4. The highest BCUT2D eigenvalue weighted by atomic mass is 16.5.